The van der Waals surface area contributed by atoms with E-state index >= 15 is 0 Å². The first-order valence-electron chi connectivity index (χ1n) is 5.53. The van der Waals surface area contributed by atoms with Gasteiger partial charge in [-0.2, -0.15) is 0 Å². The van der Waals surface area contributed by atoms with Gasteiger partial charge in [0.1, 0.15) is 11.6 Å². The summed E-state index contributed by atoms with van der Waals surface area (Å²) in [5.74, 6) is -0.514. The Morgan fingerprint density at radius 1 is 0.824 bits per heavy atom. The van der Waals surface area contributed by atoms with Crippen LogP contribution < -0.4 is 0 Å². The van der Waals surface area contributed by atoms with Crippen LogP contribution in [0.2, 0.25) is 0 Å². The van der Waals surface area contributed by atoms with Crippen molar-refractivity contribution in [2.45, 2.75) is 19.3 Å². The van der Waals surface area contributed by atoms with Gasteiger partial charge < -0.3 is 0 Å². The second-order valence-electron chi connectivity index (χ2n) is 4.61. The van der Waals surface area contributed by atoms with Crippen molar-refractivity contribution in [2.75, 3.05) is 0 Å². The van der Waals surface area contributed by atoms with Crippen LogP contribution in [0.5, 0.6) is 0 Å². The monoisotopic (exact) mass is 232 g/mol. The van der Waals surface area contributed by atoms with Crippen molar-refractivity contribution in [2.24, 2.45) is 0 Å². The maximum absolute atomic E-state index is 13.8. The fraction of sp³-hybridized carbons (Fsp3) is 0.200. The lowest BCUT2D eigenvalue weighted by Crippen LogP contribution is -2.20. The van der Waals surface area contributed by atoms with Gasteiger partial charge in [-0.1, -0.05) is 44.2 Å². The fourth-order valence-electron chi connectivity index (χ4n) is 1.99. The number of hydrogen-bond acceptors (Lipinski definition) is 0. The normalized spacial score (nSPS) is 11.5. The van der Waals surface area contributed by atoms with Gasteiger partial charge in [0.2, 0.25) is 0 Å². The molecule has 88 valence electrons. The van der Waals surface area contributed by atoms with E-state index < -0.39 is 5.41 Å². The molecule has 2 aromatic rings. The van der Waals surface area contributed by atoms with Gasteiger partial charge in [0.25, 0.3) is 0 Å². The molecular weight excluding hydrogens is 218 g/mol. The summed E-state index contributed by atoms with van der Waals surface area (Å²) in [5, 5.41) is 0. The van der Waals surface area contributed by atoms with Gasteiger partial charge in [-0.15, -0.1) is 0 Å². The van der Waals surface area contributed by atoms with E-state index in [-0.39, 0.29) is 11.6 Å². The van der Waals surface area contributed by atoms with Crippen LogP contribution in [0.1, 0.15) is 25.0 Å². The second-order valence-corrected chi connectivity index (χ2v) is 4.61. The molecule has 0 radical (unpaired) electrons. The molecule has 0 bridgehead atoms. The fourth-order valence-corrected chi connectivity index (χ4v) is 1.99. The lowest BCUT2D eigenvalue weighted by molar-refractivity contribution is 0.546. The SMILES string of the molecule is CC(C)(c1ccc(F)cc1)c1ccccc1F. The van der Waals surface area contributed by atoms with Crippen LogP contribution >= 0.6 is 0 Å². The average Bonchev–Trinajstić information content (AvgIpc) is 2.30. The highest BCUT2D eigenvalue weighted by Crippen LogP contribution is 2.32. The van der Waals surface area contributed by atoms with Gasteiger partial charge in [0, 0.05) is 5.41 Å². The summed E-state index contributed by atoms with van der Waals surface area (Å²) in [7, 11) is 0. The summed E-state index contributed by atoms with van der Waals surface area (Å²) in [4.78, 5) is 0. The molecule has 0 unspecified atom stereocenters. The second kappa shape index (κ2) is 4.28. The average molecular weight is 232 g/mol. The summed E-state index contributed by atoms with van der Waals surface area (Å²) >= 11 is 0. The molecule has 0 fully saturated rings. The molecule has 0 saturated heterocycles. The summed E-state index contributed by atoms with van der Waals surface area (Å²) in [6, 6.07) is 12.9. The van der Waals surface area contributed by atoms with Crippen LogP contribution in [0, 0.1) is 11.6 Å². The molecule has 0 amide bonds. The Morgan fingerprint density at radius 3 is 2.00 bits per heavy atom. The Hall–Kier alpha value is -1.70. The molecule has 17 heavy (non-hydrogen) atoms. The van der Waals surface area contributed by atoms with Crippen molar-refractivity contribution in [3.8, 4) is 0 Å². The molecule has 2 rings (SSSR count). The van der Waals surface area contributed by atoms with Crippen LogP contribution in [0.3, 0.4) is 0 Å². The van der Waals surface area contributed by atoms with Crippen molar-refractivity contribution in [3.05, 3.63) is 71.3 Å². The summed E-state index contributed by atoms with van der Waals surface area (Å²) in [6.45, 7) is 3.86. The van der Waals surface area contributed by atoms with Crippen molar-refractivity contribution in [1.29, 1.82) is 0 Å². The number of halogens is 2. The van der Waals surface area contributed by atoms with Crippen LogP contribution in [0.4, 0.5) is 8.78 Å². The van der Waals surface area contributed by atoms with Gasteiger partial charge in [0.15, 0.2) is 0 Å². The molecule has 0 heterocycles. The first-order chi connectivity index (χ1) is 8.01. The molecule has 0 aliphatic carbocycles. The Bertz CT molecular complexity index is 513. The Balaban J connectivity index is 2.49. The zero-order valence-electron chi connectivity index (χ0n) is 9.87. The van der Waals surface area contributed by atoms with E-state index in [4.69, 9.17) is 0 Å². The van der Waals surface area contributed by atoms with Crippen LogP contribution in [0.25, 0.3) is 0 Å². The van der Waals surface area contributed by atoms with Gasteiger partial charge in [-0.05, 0) is 29.3 Å². The van der Waals surface area contributed by atoms with Crippen molar-refractivity contribution < 1.29 is 8.78 Å². The van der Waals surface area contributed by atoms with Gasteiger partial charge in [-0.25, -0.2) is 8.78 Å². The summed E-state index contributed by atoms with van der Waals surface area (Å²) < 4.78 is 26.7. The number of benzene rings is 2. The van der Waals surface area contributed by atoms with Gasteiger partial charge in [-0.3, -0.25) is 0 Å². The van der Waals surface area contributed by atoms with Gasteiger partial charge in [0.05, 0.1) is 0 Å². The largest absolute Gasteiger partial charge is 0.207 e. The van der Waals surface area contributed by atoms with Crippen LogP contribution in [-0.2, 0) is 5.41 Å². The molecule has 2 heteroatoms. The zero-order chi connectivity index (χ0) is 12.5. The van der Waals surface area contributed by atoms with E-state index in [1.807, 2.05) is 19.9 Å². The molecule has 0 aromatic heterocycles. The van der Waals surface area contributed by atoms with Crippen LogP contribution in [0.15, 0.2) is 48.5 Å². The van der Waals surface area contributed by atoms with Crippen molar-refractivity contribution in [1.82, 2.24) is 0 Å². The standard InChI is InChI=1S/C15H14F2/c1-15(2,11-7-9-12(16)10-8-11)13-5-3-4-6-14(13)17/h3-10H,1-2H3. The molecular formula is C15H14F2. The molecule has 0 aliphatic heterocycles. The minimum absolute atomic E-state index is 0.234. The van der Waals surface area contributed by atoms with Crippen molar-refractivity contribution >= 4 is 0 Å². The number of rotatable bonds is 2. The lowest BCUT2D eigenvalue weighted by atomic mass is 9.78. The quantitative estimate of drug-likeness (QED) is 0.724. The highest BCUT2D eigenvalue weighted by atomic mass is 19.1. The minimum Gasteiger partial charge on any atom is -0.207 e. The van der Waals surface area contributed by atoms with Crippen molar-refractivity contribution in [3.63, 3.8) is 0 Å². The van der Waals surface area contributed by atoms with Crippen LogP contribution in [-0.4, -0.2) is 0 Å². The first kappa shape index (κ1) is 11.8. The molecule has 2 aromatic carbocycles. The molecule has 0 aliphatic rings. The molecule has 0 atom stereocenters. The Labute approximate surface area is 99.9 Å². The summed E-state index contributed by atoms with van der Waals surface area (Å²) in [6.07, 6.45) is 0. The minimum atomic E-state index is -0.473. The van der Waals surface area contributed by atoms with E-state index in [0.717, 1.165) is 5.56 Å². The van der Waals surface area contributed by atoms with E-state index in [9.17, 15) is 8.78 Å². The highest BCUT2D eigenvalue weighted by molar-refractivity contribution is 5.38. The molecule has 0 nitrogen and oxygen atoms in total. The molecule has 0 spiro atoms. The predicted molar refractivity (Wildman–Crippen MR) is 64.9 cm³/mol. The first-order valence-corrected chi connectivity index (χ1v) is 5.53. The van der Waals surface area contributed by atoms with E-state index in [0.29, 0.717) is 5.56 Å². The smallest absolute Gasteiger partial charge is 0.127 e. The maximum atomic E-state index is 13.8. The predicted octanol–water partition coefficient (Wildman–Crippen LogP) is 4.29. The molecule has 0 N–H and O–H groups in total. The third-order valence-corrected chi connectivity index (χ3v) is 3.11. The maximum Gasteiger partial charge on any atom is 0.127 e. The summed E-state index contributed by atoms with van der Waals surface area (Å²) in [5.41, 5.74) is 1.04. The zero-order valence-corrected chi connectivity index (χ0v) is 9.87. The third kappa shape index (κ3) is 2.21. The van der Waals surface area contributed by atoms with Gasteiger partial charge >= 0.3 is 0 Å². The third-order valence-electron chi connectivity index (χ3n) is 3.11. The Morgan fingerprint density at radius 2 is 1.41 bits per heavy atom. The van der Waals surface area contributed by atoms with E-state index in [2.05, 4.69) is 0 Å². The van der Waals surface area contributed by atoms with E-state index in [1.54, 1.807) is 24.3 Å². The van der Waals surface area contributed by atoms with E-state index in [1.165, 1.54) is 18.2 Å². The topological polar surface area (TPSA) is 0 Å². The molecule has 0 saturated carbocycles. The number of hydrogen-bond donors (Lipinski definition) is 0. The highest BCUT2D eigenvalue weighted by Gasteiger charge is 2.25. The Kier molecular flexibility index (Phi) is 2.97. The lowest BCUT2D eigenvalue weighted by Gasteiger charge is -2.26.